The monoisotopic (exact) mass is 514 g/mol. The molecule has 4 heterocycles. The summed E-state index contributed by atoms with van der Waals surface area (Å²) in [6, 6.07) is 6.22. The number of carbonyl (C=O) groups excluding carboxylic acids is 1. The Labute approximate surface area is 202 Å². The Morgan fingerprint density at radius 2 is 1.97 bits per heavy atom. The second kappa shape index (κ2) is 9.73. The average Bonchev–Trinajstić information content (AvgIpc) is 3.15. The Morgan fingerprint density at radius 1 is 1.24 bits per heavy atom. The number of hydrogen-bond acceptors (Lipinski definition) is 4. The van der Waals surface area contributed by atoms with Crippen LogP contribution in [0.5, 0.6) is 0 Å². The molecular weight excluding hydrogens is 484 g/mol. The van der Waals surface area contributed by atoms with Crippen molar-refractivity contribution in [3.8, 4) is 0 Å². The molecule has 1 aliphatic rings. The molecule has 0 aliphatic carbocycles. The fraction of sp³-hybridized carbons (Fsp3) is 0.440. The number of anilines is 1. The normalized spacial score (nSPS) is 14.6. The van der Waals surface area contributed by atoms with E-state index >= 15 is 0 Å². The minimum Gasteiger partial charge on any atom is -0.381 e. The minimum absolute atomic E-state index is 0.159. The molecule has 2 N–H and O–H groups in total. The molecule has 7 nitrogen and oxygen atoms in total. The van der Waals surface area contributed by atoms with Gasteiger partial charge in [0.2, 0.25) is 0 Å². The van der Waals surface area contributed by atoms with Crippen LogP contribution in [0.25, 0.3) is 5.52 Å². The van der Waals surface area contributed by atoms with Crippen molar-refractivity contribution in [3.63, 3.8) is 0 Å². The maximum atomic E-state index is 13.3. The van der Waals surface area contributed by atoms with E-state index in [2.05, 4.69) is 48.7 Å². The van der Waals surface area contributed by atoms with E-state index in [4.69, 9.17) is 4.74 Å². The van der Waals surface area contributed by atoms with Gasteiger partial charge >= 0.3 is 0 Å². The highest BCUT2D eigenvalue weighted by atomic mass is 79.9. The van der Waals surface area contributed by atoms with Crippen molar-refractivity contribution in [2.75, 3.05) is 24.7 Å². The standard InChI is InChI=1S/C25H31BrN4O3/c1-5-29(19-6-8-33-9-7-19)25-17(4)21(12-20-11-18(26)14-30(20)25)23(31)27-13-22-15(2)10-16(3)28-24(22)32/h10-12,14,19H,5-9,13H2,1-4H3,(H,27,31)(H,28,32). The lowest BCUT2D eigenvalue weighted by atomic mass is 10.0. The molecular formula is C25H31BrN4O3. The molecule has 33 heavy (non-hydrogen) atoms. The molecule has 1 aliphatic heterocycles. The van der Waals surface area contributed by atoms with Crippen LogP contribution in [-0.4, -0.2) is 41.1 Å². The molecule has 1 fully saturated rings. The molecule has 0 radical (unpaired) electrons. The zero-order valence-electron chi connectivity index (χ0n) is 19.6. The van der Waals surface area contributed by atoms with Gasteiger partial charge in [0.1, 0.15) is 5.82 Å². The summed E-state index contributed by atoms with van der Waals surface area (Å²) >= 11 is 3.60. The molecule has 1 saturated heterocycles. The molecule has 0 spiro atoms. The predicted octanol–water partition coefficient (Wildman–Crippen LogP) is 4.25. The van der Waals surface area contributed by atoms with Crippen LogP contribution in [0.4, 0.5) is 5.82 Å². The number of halogens is 1. The van der Waals surface area contributed by atoms with E-state index in [0.29, 0.717) is 17.2 Å². The first-order valence-electron chi connectivity index (χ1n) is 11.4. The van der Waals surface area contributed by atoms with Gasteiger partial charge in [-0.1, -0.05) is 0 Å². The third-order valence-corrected chi connectivity index (χ3v) is 6.92. The van der Waals surface area contributed by atoms with E-state index in [9.17, 15) is 9.59 Å². The molecule has 1 amide bonds. The van der Waals surface area contributed by atoms with Crippen LogP contribution in [0.15, 0.2) is 33.7 Å². The number of aromatic amines is 1. The average molecular weight is 515 g/mol. The molecule has 8 heteroatoms. The number of rotatable bonds is 6. The number of aryl methyl sites for hydroxylation is 2. The van der Waals surface area contributed by atoms with Gasteiger partial charge in [0, 0.05) is 70.9 Å². The molecule has 3 aromatic heterocycles. The van der Waals surface area contributed by atoms with E-state index < -0.39 is 0 Å². The fourth-order valence-corrected chi connectivity index (χ4v) is 5.27. The van der Waals surface area contributed by atoms with Gasteiger partial charge in [0.25, 0.3) is 11.5 Å². The molecule has 176 valence electrons. The first kappa shape index (κ1) is 23.6. The molecule has 3 aromatic rings. The number of amides is 1. The number of fused-ring (bicyclic) bond motifs is 1. The number of carbonyl (C=O) groups is 1. The van der Waals surface area contributed by atoms with Crippen LogP contribution < -0.4 is 15.8 Å². The summed E-state index contributed by atoms with van der Waals surface area (Å²) in [7, 11) is 0. The Hall–Kier alpha value is -2.58. The van der Waals surface area contributed by atoms with E-state index in [-0.39, 0.29) is 18.0 Å². The SMILES string of the molecule is CCN(c1c(C)c(C(=O)NCc2c(C)cc(C)[nH]c2=O)cc2cc(Br)cn12)C1CCOCC1. The van der Waals surface area contributed by atoms with Gasteiger partial charge in [-0.2, -0.15) is 0 Å². The lowest BCUT2D eigenvalue weighted by molar-refractivity contribution is 0.0844. The number of hydrogen-bond donors (Lipinski definition) is 2. The molecule has 0 bridgehead atoms. The smallest absolute Gasteiger partial charge is 0.253 e. The van der Waals surface area contributed by atoms with Crippen molar-refractivity contribution in [1.82, 2.24) is 14.7 Å². The highest BCUT2D eigenvalue weighted by Gasteiger charge is 2.26. The topological polar surface area (TPSA) is 78.8 Å². The van der Waals surface area contributed by atoms with Crippen molar-refractivity contribution in [2.24, 2.45) is 0 Å². The molecule has 4 rings (SSSR count). The number of H-pyrrole nitrogens is 1. The van der Waals surface area contributed by atoms with Gasteiger partial charge in [-0.25, -0.2) is 0 Å². The zero-order valence-corrected chi connectivity index (χ0v) is 21.2. The summed E-state index contributed by atoms with van der Waals surface area (Å²) in [4.78, 5) is 30.9. The second-order valence-electron chi connectivity index (χ2n) is 8.72. The highest BCUT2D eigenvalue weighted by molar-refractivity contribution is 9.10. The van der Waals surface area contributed by atoms with Crippen molar-refractivity contribution in [2.45, 2.75) is 53.1 Å². The molecule has 0 unspecified atom stereocenters. The first-order chi connectivity index (χ1) is 15.8. The lowest BCUT2D eigenvalue weighted by Crippen LogP contribution is -2.41. The third-order valence-electron chi connectivity index (χ3n) is 6.48. The Morgan fingerprint density at radius 3 is 2.64 bits per heavy atom. The summed E-state index contributed by atoms with van der Waals surface area (Å²) in [5.41, 5.74) is 4.59. The summed E-state index contributed by atoms with van der Waals surface area (Å²) in [6.07, 6.45) is 3.97. The summed E-state index contributed by atoms with van der Waals surface area (Å²) in [5.74, 6) is 0.845. The van der Waals surface area contributed by atoms with Crippen LogP contribution in [0.2, 0.25) is 0 Å². The zero-order chi connectivity index (χ0) is 23.7. The van der Waals surface area contributed by atoms with E-state index in [1.807, 2.05) is 39.0 Å². The second-order valence-corrected chi connectivity index (χ2v) is 9.63. The summed E-state index contributed by atoms with van der Waals surface area (Å²) in [5, 5.41) is 2.97. The van der Waals surface area contributed by atoms with Gasteiger partial charge in [-0.05, 0) is 80.2 Å². The predicted molar refractivity (Wildman–Crippen MR) is 134 cm³/mol. The number of pyridine rings is 2. The van der Waals surface area contributed by atoms with E-state index in [1.165, 1.54) is 0 Å². The number of nitrogens with zero attached hydrogens (tertiary/aromatic N) is 2. The first-order valence-corrected chi connectivity index (χ1v) is 12.2. The van der Waals surface area contributed by atoms with Crippen molar-refractivity contribution in [1.29, 1.82) is 0 Å². The van der Waals surface area contributed by atoms with Crippen molar-refractivity contribution >= 4 is 33.2 Å². The fourth-order valence-electron chi connectivity index (χ4n) is 4.83. The van der Waals surface area contributed by atoms with Crippen LogP contribution in [0, 0.1) is 20.8 Å². The quantitative estimate of drug-likeness (QED) is 0.515. The molecule has 0 atom stereocenters. The highest BCUT2D eigenvalue weighted by Crippen LogP contribution is 2.32. The Kier molecular flexibility index (Phi) is 6.95. The largest absolute Gasteiger partial charge is 0.381 e. The Balaban J connectivity index is 1.71. The van der Waals surface area contributed by atoms with E-state index in [0.717, 1.165) is 65.2 Å². The molecule has 0 aromatic carbocycles. The summed E-state index contributed by atoms with van der Waals surface area (Å²) < 4.78 is 8.70. The van der Waals surface area contributed by atoms with Crippen molar-refractivity contribution < 1.29 is 9.53 Å². The van der Waals surface area contributed by atoms with Crippen molar-refractivity contribution in [3.05, 3.63) is 67.2 Å². The maximum Gasteiger partial charge on any atom is 0.253 e. The number of nitrogens with one attached hydrogen (secondary N) is 2. The van der Waals surface area contributed by atoms with Gasteiger partial charge in [-0.3, -0.25) is 9.59 Å². The molecule has 0 saturated carbocycles. The van der Waals surface area contributed by atoms with Crippen LogP contribution in [0.3, 0.4) is 0 Å². The minimum atomic E-state index is -0.184. The van der Waals surface area contributed by atoms with Gasteiger partial charge < -0.3 is 24.3 Å². The maximum absolute atomic E-state index is 13.3. The summed E-state index contributed by atoms with van der Waals surface area (Å²) in [6.45, 7) is 10.4. The van der Waals surface area contributed by atoms with Gasteiger partial charge in [0.05, 0.1) is 0 Å². The van der Waals surface area contributed by atoms with Crippen LogP contribution in [0.1, 0.15) is 52.5 Å². The van der Waals surface area contributed by atoms with Crippen LogP contribution >= 0.6 is 15.9 Å². The number of aromatic nitrogens is 2. The van der Waals surface area contributed by atoms with Gasteiger partial charge in [-0.15, -0.1) is 0 Å². The third kappa shape index (κ3) is 4.73. The van der Waals surface area contributed by atoms with E-state index in [1.54, 1.807) is 0 Å². The number of ether oxygens (including phenoxy) is 1. The lowest BCUT2D eigenvalue weighted by Gasteiger charge is -2.37. The van der Waals surface area contributed by atoms with Gasteiger partial charge in [0.15, 0.2) is 0 Å². The Bertz CT molecular complexity index is 1240. The van der Waals surface area contributed by atoms with Crippen LogP contribution in [-0.2, 0) is 11.3 Å².